The molecule has 8 heteroatoms. The van der Waals surface area contributed by atoms with Gasteiger partial charge in [-0.15, -0.1) is 0 Å². The average molecular weight is 314 g/mol. The molecule has 0 spiro atoms. The first kappa shape index (κ1) is 15.6. The van der Waals surface area contributed by atoms with Crippen molar-refractivity contribution in [2.45, 2.75) is 17.7 Å². The summed E-state index contributed by atoms with van der Waals surface area (Å²) >= 11 is 0. The standard InChI is InChI=1S/C13H18N2O5S/c1-19-10-7-9(13(16)15-5-3-4-6-15)8-11(12(10)20-2)21(14,17)18/h7-8H,3-6H2,1-2H3,(H2,14,17,18). The van der Waals surface area contributed by atoms with Crippen LogP contribution < -0.4 is 14.6 Å². The van der Waals surface area contributed by atoms with Crippen molar-refractivity contribution >= 4 is 15.9 Å². The zero-order valence-electron chi connectivity index (χ0n) is 12.0. The van der Waals surface area contributed by atoms with Crippen molar-refractivity contribution in [3.05, 3.63) is 17.7 Å². The van der Waals surface area contributed by atoms with Crippen LogP contribution in [-0.4, -0.2) is 46.5 Å². The molecule has 1 aromatic rings. The van der Waals surface area contributed by atoms with E-state index in [0.29, 0.717) is 13.1 Å². The minimum atomic E-state index is -4.03. The molecule has 1 amide bonds. The third-order valence-corrected chi connectivity index (χ3v) is 4.31. The molecule has 1 fully saturated rings. The van der Waals surface area contributed by atoms with Crippen molar-refractivity contribution in [3.63, 3.8) is 0 Å². The van der Waals surface area contributed by atoms with E-state index < -0.39 is 10.0 Å². The van der Waals surface area contributed by atoms with E-state index in [1.165, 1.54) is 26.4 Å². The molecule has 0 saturated carbocycles. The van der Waals surface area contributed by atoms with Crippen molar-refractivity contribution in [2.75, 3.05) is 27.3 Å². The van der Waals surface area contributed by atoms with Crippen LogP contribution >= 0.6 is 0 Å². The fourth-order valence-electron chi connectivity index (χ4n) is 2.37. The molecule has 0 unspecified atom stereocenters. The number of primary sulfonamides is 1. The number of likely N-dealkylation sites (tertiary alicyclic amines) is 1. The molecule has 2 N–H and O–H groups in total. The number of carbonyl (C=O) groups excluding carboxylic acids is 1. The SMILES string of the molecule is COc1cc(C(=O)N2CCCC2)cc(S(N)(=O)=O)c1OC. The maximum Gasteiger partial charge on any atom is 0.254 e. The number of nitrogens with zero attached hydrogens (tertiary/aromatic N) is 1. The lowest BCUT2D eigenvalue weighted by Crippen LogP contribution is -2.28. The maximum atomic E-state index is 12.4. The van der Waals surface area contributed by atoms with E-state index in [1.807, 2.05) is 0 Å². The van der Waals surface area contributed by atoms with Crippen molar-refractivity contribution in [2.24, 2.45) is 5.14 Å². The molecule has 116 valence electrons. The number of methoxy groups -OCH3 is 2. The Kier molecular flexibility index (Phi) is 4.38. The second-order valence-electron chi connectivity index (χ2n) is 4.75. The smallest absolute Gasteiger partial charge is 0.254 e. The summed E-state index contributed by atoms with van der Waals surface area (Å²) in [7, 11) is -1.35. The number of ether oxygens (including phenoxy) is 2. The molecule has 1 saturated heterocycles. The van der Waals surface area contributed by atoms with Crippen LogP contribution in [0.4, 0.5) is 0 Å². The maximum absolute atomic E-state index is 12.4. The predicted octanol–water partition coefficient (Wildman–Crippen LogP) is 0.587. The fraction of sp³-hybridized carbons (Fsp3) is 0.462. The summed E-state index contributed by atoms with van der Waals surface area (Å²) in [4.78, 5) is 13.8. The van der Waals surface area contributed by atoms with Crippen LogP contribution in [0.3, 0.4) is 0 Å². The molecular formula is C13H18N2O5S. The van der Waals surface area contributed by atoms with Gasteiger partial charge >= 0.3 is 0 Å². The minimum absolute atomic E-state index is 0.00188. The molecule has 2 rings (SSSR count). The third-order valence-electron chi connectivity index (χ3n) is 3.39. The summed E-state index contributed by atoms with van der Waals surface area (Å²) in [6, 6.07) is 2.70. The molecule has 21 heavy (non-hydrogen) atoms. The lowest BCUT2D eigenvalue weighted by molar-refractivity contribution is 0.0792. The van der Waals surface area contributed by atoms with Crippen molar-refractivity contribution in [3.8, 4) is 11.5 Å². The number of hydrogen-bond donors (Lipinski definition) is 1. The van der Waals surface area contributed by atoms with Gasteiger partial charge in [-0.05, 0) is 25.0 Å². The van der Waals surface area contributed by atoms with Crippen molar-refractivity contribution in [1.82, 2.24) is 4.90 Å². The summed E-state index contributed by atoms with van der Waals surface area (Å²) < 4.78 is 33.5. The summed E-state index contributed by atoms with van der Waals surface area (Å²) in [5.74, 6) is -0.0807. The van der Waals surface area contributed by atoms with Crippen molar-refractivity contribution in [1.29, 1.82) is 0 Å². The highest BCUT2D eigenvalue weighted by Crippen LogP contribution is 2.35. The summed E-state index contributed by atoms with van der Waals surface area (Å²) in [6.45, 7) is 1.33. The molecule has 1 aromatic carbocycles. The third kappa shape index (κ3) is 3.11. The quantitative estimate of drug-likeness (QED) is 0.877. The number of benzene rings is 1. The Morgan fingerprint density at radius 3 is 2.29 bits per heavy atom. The van der Waals surface area contributed by atoms with Gasteiger partial charge < -0.3 is 14.4 Å². The van der Waals surface area contributed by atoms with Crippen molar-refractivity contribution < 1.29 is 22.7 Å². The molecule has 1 heterocycles. The second kappa shape index (κ2) is 5.90. The van der Waals surface area contributed by atoms with Crippen LogP contribution in [0.15, 0.2) is 17.0 Å². The van der Waals surface area contributed by atoms with Gasteiger partial charge in [0.15, 0.2) is 11.5 Å². The van der Waals surface area contributed by atoms with Gasteiger partial charge in [0.05, 0.1) is 14.2 Å². The molecule has 1 aliphatic heterocycles. The number of hydrogen-bond acceptors (Lipinski definition) is 5. The van der Waals surface area contributed by atoms with Crippen LogP contribution in [0.2, 0.25) is 0 Å². The molecule has 0 atom stereocenters. The number of rotatable bonds is 4. The van der Waals surface area contributed by atoms with Gasteiger partial charge in [0.25, 0.3) is 5.91 Å². The average Bonchev–Trinajstić information content (AvgIpc) is 2.98. The van der Waals surface area contributed by atoms with E-state index in [1.54, 1.807) is 4.90 Å². The number of sulfonamides is 1. The Hall–Kier alpha value is -1.80. The highest BCUT2D eigenvalue weighted by Gasteiger charge is 2.26. The van der Waals surface area contributed by atoms with Crippen LogP contribution in [-0.2, 0) is 10.0 Å². The van der Waals surface area contributed by atoms with Gasteiger partial charge in [-0.25, -0.2) is 13.6 Å². The van der Waals surface area contributed by atoms with E-state index in [-0.39, 0.29) is 27.9 Å². The first-order valence-corrected chi connectivity index (χ1v) is 8.01. The lowest BCUT2D eigenvalue weighted by atomic mass is 10.1. The first-order chi connectivity index (χ1) is 9.88. The van der Waals surface area contributed by atoms with Gasteiger partial charge in [-0.2, -0.15) is 0 Å². The van der Waals surface area contributed by atoms with E-state index >= 15 is 0 Å². The fourth-order valence-corrected chi connectivity index (χ4v) is 3.10. The zero-order valence-corrected chi connectivity index (χ0v) is 12.8. The molecule has 0 aliphatic carbocycles. The minimum Gasteiger partial charge on any atom is -0.493 e. The van der Waals surface area contributed by atoms with Gasteiger partial charge in [-0.1, -0.05) is 0 Å². The summed E-state index contributed by atoms with van der Waals surface area (Å²) in [6.07, 6.45) is 1.89. The first-order valence-electron chi connectivity index (χ1n) is 6.46. The number of nitrogens with two attached hydrogens (primary N) is 1. The Labute approximate surface area is 123 Å². The van der Waals surface area contributed by atoms with Crippen LogP contribution in [0, 0.1) is 0 Å². The van der Waals surface area contributed by atoms with Crippen LogP contribution in [0.5, 0.6) is 11.5 Å². The second-order valence-corrected chi connectivity index (χ2v) is 6.28. The predicted molar refractivity (Wildman–Crippen MR) is 76.1 cm³/mol. The van der Waals surface area contributed by atoms with E-state index in [4.69, 9.17) is 14.6 Å². The van der Waals surface area contributed by atoms with E-state index in [0.717, 1.165) is 12.8 Å². The van der Waals surface area contributed by atoms with Gasteiger partial charge in [0, 0.05) is 18.7 Å². The van der Waals surface area contributed by atoms with Gasteiger partial charge in [0.1, 0.15) is 4.90 Å². The highest BCUT2D eigenvalue weighted by atomic mass is 32.2. The topological polar surface area (TPSA) is 98.9 Å². The molecule has 0 aromatic heterocycles. The summed E-state index contributed by atoms with van der Waals surface area (Å²) in [5.41, 5.74) is 0.221. The molecule has 1 aliphatic rings. The molecular weight excluding hydrogens is 296 g/mol. The number of carbonyl (C=O) groups is 1. The number of amides is 1. The molecule has 0 bridgehead atoms. The van der Waals surface area contributed by atoms with Gasteiger partial charge in [-0.3, -0.25) is 4.79 Å². The highest BCUT2D eigenvalue weighted by molar-refractivity contribution is 7.89. The van der Waals surface area contributed by atoms with E-state index in [9.17, 15) is 13.2 Å². The Morgan fingerprint density at radius 1 is 1.19 bits per heavy atom. The largest absolute Gasteiger partial charge is 0.493 e. The van der Waals surface area contributed by atoms with Gasteiger partial charge in [0.2, 0.25) is 10.0 Å². The Morgan fingerprint density at radius 2 is 1.81 bits per heavy atom. The van der Waals surface area contributed by atoms with Crippen LogP contribution in [0.25, 0.3) is 0 Å². The normalized spacial score (nSPS) is 15.1. The Balaban J connectivity index is 2.55. The molecule has 7 nitrogen and oxygen atoms in total. The lowest BCUT2D eigenvalue weighted by Gasteiger charge is -2.18. The zero-order chi connectivity index (χ0) is 15.6. The monoisotopic (exact) mass is 314 g/mol. The van der Waals surface area contributed by atoms with E-state index in [2.05, 4.69) is 0 Å². The van der Waals surface area contributed by atoms with Crippen LogP contribution in [0.1, 0.15) is 23.2 Å². The molecule has 0 radical (unpaired) electrons. The Bertz CT molecular complexity index is 651. The summed E-state index contributed by atoms with van der Waals surface area (Å²) in [5, 5.41) is 5.19.